The van der Waals surface area contributed by atoms with Gasteiger partial charge in [0.25, 0.3) is 0 Å². The molecule has 126 valence electrons. The molecule has 0 fully saturated rings. The number of carbonyl (C=O) groups excluding carboxylic acids is 1. The lowest BCUT2D eigenvalue weighted by Crippen LogP contribution is -2.37. The zero-order chi connectivity index (χ0) is 17.7. The fourth-order valence-electron chi connectivity index (χ4n) is 3.41. The van der Waals surface area contributed by atoms with Gasteiger partial charge in [-0.3, -0.25) is 4.79 Å². The van der Waals surface area contributed by atoms with Gasteiger partial charge < -0.3 is 5.73 Å². The monoisotopic (exact) mass is 347 g/mol. The highest BCUT2D eigenvalue weighted by molar-refractivity contribution is 7.81. The average molecular weight is 347 g/mol. The van der Waals surface area contributed by atoms with Crippen LogP contribution in [-0.2, 0) is 10.2 Å². The van der Waals surface area contributed by atoms with Crippen molar-refractivity contribution >= 4 is 18.5 Å². The molecule has 1 amide bonds. The van der Waals surface area contributed by atoms with Crippen molar-refractivity contribution in [3.05, 3.63) is 108 Å². The molecule has 3 heteroatoms. The van der Waals surface area contributed by atoms with Gasteiger partial charge in [0, 0.05) is 5.41 Å². The second-order valence-electron chi connectivity index (χ2n) is 6.13. The molecule has 0 heterocycles. The average Bonchev–Trinajstić information content (AvgIpc) is 2.68. The van der Waals surface area contributed by atoms with Crippen LogP contribution in [0.4, 0.5) is 0 Å². The van der Waals surface area contributed by atoms with Gasteiger partial charge in [0.1, 0.15) is 0 Å². The molecule has 0 radical (unpaired) electrons. The fourth-order valence-corrected chi connectivity index (χ4v) is 3.69. The molecule has 0 spiro atoms. The Hall–Kier alpha value is -2.52. The molecule has 1 atom stereocenters. The van der Waals surface area contributed by atoms with E-state index in [-0.39, 0.29) is 0 Å². The van der Waals surface area contributed by atoms with E-state index in [9.17, 15) is 4.79 Å². The van der Waals surface area contributed by atoms with Crippen molar-refractivity contribution in [2.24, 2.45) is 5.73 Å². The van der Waals surface area contributed by atoms with E-state index in [0.29, 0.717) is 6.42 Å². The van der Waals surface area contributed by atoms with E-state index in [1.54, 1.807) is 0 Å². The van der Waals surface area contributed by atoms with Crippen LogP contribution in [0.2, 0.25) is 0 Å². The minimum Gasteiger partial charge on any atom is -0.369 e. The molecule has 25 heavy (non-hydrogen) atoms. The summed E-state index contributed by atoms with van der Waals surface area (Å²) in [5, 5.41) is -0.555. The molecule has 0 aromatic heterocycles. The number of hydrogen-bond acceptors (Lipinski definition) is 2. The highest BCUT2D eigenvalue weighted by Crippen LogP contribution is 2.43. The largest absolute Gasteiger partial charge is 0.369 e. The molecule has 3 aromatic rings. The Balaban J connectivity index is 2.29. The number of benzene rings is 3. The van der Waals surface area contributed by atoms with Gasteiger partial charge >= 0.3 is 0 Å². The molecule has 3 rings (SSSR count). The lowest BCUT2D eigenvalue weighted by molar-refractivity contribution is -0.117. The molecule has 0 saturated heterocycles. The first-order valence-electron chi connectivity index (χ1n) is 8.28. The number of hydrogen-bond donors (Lipinski definition) is 2. The SMILES string of the molecule is NC(=O)C(S)CC(c1ccccc1)(c1ccccc1)c1ccccc1. The number of amides is 1. The molecule has 3 aromatic carbocycles. The number of primary amides is 1. The van der Waals surface area contributed by atoms with Crippen molar-refractivity contribution in [2.75, 3.05) is 0 Å². The zero-order valence-corrected chi connectivity index (χ0v) is 14.8. The van der Waals surface area contributed by atoms with Crippen LogP contribution in [0.1, 0.15) is 23.1 Å². The summed E-state index contributed by atoms with van der Waals surface area (Å²) < 4.78 is 0. The molecule has 0 bridgehead atoms. The number of thiol groups is 1. The molecule has 1 unspecified atom stereocenters. The molecular formula is C22H21NOS. The van der Waals surface area contributed by atoms with Crippen LogP contribution in [0.5, 0.6) is 0 Å². The van der Waals surface area contributed by atoms with Crippen LogP contribution in [0.15, 0.2) is 91.0 Å². The van der Waals surface area contributed by atoms with Gasteiger partial charge in [0.15, 0.2) is 0 Å². The maximum absolute atomic E-state index is 11.8. The minimum absolute atomic E-state index is 0.407. The lowest BCUT2D eigenvalue weighted by Gasteiger charge is -2.37. The van der Waals surface area contributed by atoms with Crippen molar-refractivity contribution in [3.63, 3.8) is 0 Å². The van der Waals surface area contributed by atoms with E-state index in [1.807, 2.05) is 54.6 Å². The summed E-state index contributed by atoms with van der Waals surface area (Å²) in [6, 6.07) is 30.7. The molecule has 0 aliphatic heterocycles. The van der Waals surface area contributed by atoms with Gasteiger partial charge in [-0.15, -0.1) is 0 Å². The summed E-state index contributed by atoms with van der Waals surface area (Å²) in [4.78, 5) is 11.8. The van der Waals surface area contributed by atoms with Crippen molar-refractivity contribution in [3.8, 4) is 0 Å². The molecule has 0 saturated carbocycles. The van der Waals surface area contributed by atoms with Crippen LogP contribution in [0.3, 0.4) is 0 Å². The topological polar surface area (TPSA) is 43.1 Å². The van der Waals surface area contributed by atoms with Crippen LogP contribution in [0.25, 0.3) is 0 Å². The van der Waals surface area contributed by atoms with Crippen molar-refractivity contribution in [1.82, 2.24) is 0 Å². The van der Waals surface area contributed by atoms with Crippen molar-refractivity contribution in [2.45, 2.75) is 17.1 Å². The Labute approximate surface area is 154 Å². The second kappa shape index (κ2) is 7.58. The summed E-state index contributed by atoms with van der Waals surface area (Å²) in [6.45, 7) is 0. The van der Waals surface area contributed by atoms with Gasteiger partial charge in [0.05, 0.1) is 5.25 Å². The molecule has 0 aliphatic carbocycles. The predicted molar refractivity (Wildman–Crippen MR) is 106 cm³/mol. The van der Waals surface area contributed by atoms with Gasteiger partial charge in [-0.25, -0.2) is 0 Å². The standard InChI is InChI=1S/C22H21NOS/c23-21(24)20(25)16-22(17-10-4-1-5-11-17,18-12-6-2-7-13-18)19-14-8-3-9-15-19/h1-15,20,25H,16H2,(H2,23,24). The fraction of sp³-hybridized carbons (Fsp3) is 0.136. The van der Waals surface area contributed by atoms with Crippen molar-refractivity contribution in [1.29, 1.82) is 0 Å². The van der Waals surface area contributed by atoms with Crippen LogP contribution in [0, 0.1) is 0 Å². The number of carbonyl (C=O) groups is 1. The van der Waals surface area contributed by atoms with Gasteiger partial charge in [-0.05, 0) is 23.1 Å². The van der Waals surface area contributed by atoms with Crippen LogP contribution < -0.4 is 5.73 Å². The van der Waals surface area contributed by atoms with Crippen LogP contribution >= 0.6 is 12.6 Å². The second-order valence-corrected chi connectivity index (χ2v) is 6.75. The van der Waals surface area contributed by atoms with E-state index < -0.39 is 16.6 Å². The van der Waals surface area contributed by atoms with Crippen molar-refractivity contribution < 1.29 is 4.79 Å². The zero-order valence-electron chi connectivity index (χ0n) is 13.9. The third-order valence-corrected chi connectivity index (χ3v) is 5.06. The van der Waals surface area contributed by atoms with E-state index in [0.717, 1.165) is 16.7 Å². The van der Waals surface area contributed by atoms with E-state index in [4.69, 9.17) is 5.73 Å². The molecule has 2 nitrogen and oxygen atoms in total. The van der Waals surface area contributed by atoms with Gasteiger partial charge in [-0.1, -0.05) is 91.0 Å². The van der Waals surface area contributed by atoms with E-state index in [2.05, 4.69) is 49.0 Å². The van der Waals surface area contributed by atoms with Crippen LogP contribution in [-0.4, -0.2) is 11.2 Å². The van der Waals surface area contributed by atoms with E-state index in [1.165, 1.54) is 0 Å². The van der Waals surface area contributed by atoms with Gasteiger partial charge in [0.2, 0.25) is 5.91 Å². The Morgan fingerprint density at radius 3 is 1.36 bits per heavy atom. The van der Waals surface area contributed by atoms with Gasteiger partial charge in [-0.2, -0.15) is 12.6 Å². The summed E-state index contributed by atoms with van der Waals surface area (Å²) in [6.07, 6.45) is 0.490. The molecule has 2 N–H and O–H groups in total. The molecular weight excluding hydrogens is 326 g/mol. The highest BCUT2D eigenvalue weighted by atomic mass is 32.1. The first-order chi connectivity index (χ1) is 12.1. The normalized spacial score (nSPS) is 12.5. The third kappa shape index (κ3) is 3.47. The summed E-state index contributed by atoms with van der Waals surface area (Å²) in [5.74, 6) is -0.407. The Morgan fingerprint density at radius 2 is 1.08 bits per heavy atom. The smallest absolute Gasteiger partial charge is 0.230 e. The first-order valence-corrected chi connectivity index (χ1v) is 8.80. The Kier molecular flexibility index (Phi) is 5.25. The number of rotatable bonds is 6. The Bertz CT molecular complexity index is 722. The summed E-state index contributed by atoms with van der Waals surface area (Å²) in [5.41, 5.74) is 8.42. The number of nitrogens with two attached hydrogens (primary N) is 1. The Morgan fingerprint density at radius 1 is 0.760 bits per heavy atom. The lowest BCUT2D eigenvalue weighted by atomic mass is 9.66. The maximum Gasteiger partial charge on any atom is 0.230 e. The third-order valence-electron chi connectivity index (χ3n) is 4.63. The summed E-state index contributed by atoms with van der Waals surface area (Å²) in [7, 11) is 0. The maximum atomic E-state index is 11.8. The predicted octanol–water partition coefficient (Wildman–Crippen LogP) is 4.19. The summed E-state index contributed by atoms with van der Waals surface area (Å²) >= 11 is 4.49. The minimum atomic E-state index is -0.555. The quantitative estimate of drug-likeness (QED) is 0.509. The first kappa shape index (κ1) is 17.3. The molecule has 0 aliphatic rings. The van der Waals surface area contributed by atoms with E-state index >= 15 is 0 Å². The highest BCUT2D eigenvalue weighted by Gasteiger charge is 2.38.